The monoisotopic (exact) mass is 439 g/mol. The molecule has 2 heterocycles. The Hall–Kier alpha value is -2.66. The van der Waals surface area contributed by atoms with Gasteiger partial charge in [-0.3, -0.25) is 4.79 Å². The summed E-state index contributed by atoms with van der Waals surface area (Å²) in [7, 11) is 3.18. The number of H-pyrrole nitrogens is 1. The van der Waals surface area contributed by atoms with Crippen LogP contribution in [0.1, 0.15) is 43.7 Å². The number of para-hydroxylation sites is 1. The van der Waals surface area contributed by atoms with Crippen molar-refractivity contribution in [2.75, 3.05) is 14.2 Å². The summed E-state index contributed by atoms with van der Waals surface area (Å²) in [6.07, 6.45) is 0. The van der Waals surface area contributed by atoms with Crippen molar-refractivity contribution in [3.8, 4) is 17.2 Å². The second kappa shape index (κ2) is 6.92. The lowest BCUT2D eigenvalue weighted by atomic mass is 9.48. The molecule has 2 aromatic carbocycles. The lowest BCUT2D eigenvalue weighted by Crippen LogP contribution is -2.58. The predicted octanol–water partition coefficient (Wildman–Crippen LogP) is 5.50. The molecule has 2 aliphatic rings. The number of ether oxygens (including phenoxy) is 3. The van der Waals surface area contributed by atoms with Gasteiger partial charge in [0.05, 0.1) is 30.3 Å². The van der Waals surface area contributed by atoms with Gasteiger partial charge in [-0.15, -0.1) is 0 Å². The molecule has 1 fully saturated rings. The van der Waals surface area contributed by atoms with E-state index in [1.807, 2.05) is 36.4 Å². The van der Waals surface area contributed by atoms with Crippen LogP contribution in [0.15, 0.2) is 41.2 Å². The average molecular weight is 440 g/mol. The van der Waals surface area contributed by atoms with Crippen LogP contribution in [0.5, 0.6) is 17.2 Å². The molecule has 1 aromatic heterocycles. The molecule has 4 atom stereocenters. The van der Waals surface area contributed by atoms with Gasteiger partial charge in [-0.2, -0.15) is 0 Å². The number of hydrogen-bond donors (Lipinski definition) is 1. The van der Waals surface area contributed by atoms with Crippen LogP contribution in [-0.4, -0.2) is 24.8 Å². The van der Waals surface area contributed by atoms with E-state index in [-0.39, 0.29) is 29.2 Å². The van der Waals surface area contributed by atoms with Gasteiger partial charge in [0.15, 0.2) is 11.5 Å². The number of benzene rings is 2. The lowest BCUT2D eigenvalue weighted by Gasteiger charge is -2.60. The highest BCUT2D eigenvalue weighted by Gasteiger charge is 2.61. The molecule has 1 N–H and O–H groups in total. The predicted molar refractivity (Wildman–Crippen MR) is 122 cm³/mol. The van der Waals surface area contributed by atoms with E-state index in [1.54, 1.807) is 14.2 Å². The summed E-state index contributed by atoms with van der Waals surface area (Å²) >= 11 is 6.81. The normalized spacial score (nSPS) is 25.7. The van der Waals surface area contributed by atoms with Crippen LogP contribution in [0.25, 0.3) is 10.9 Å². The highest BCUT2D eigenvalue weighted by atomic mass is 35.5. The smallest absolute Gasteiger partial charge is 0.255 e. The molecule has 0 unspecified atom stereocenters. The number of hydrogen-bond acceptors (Lipinski definition) is 4. The third kappa shape index (κ3) is 2.72. The minimum Gasteiger partial charge on any atom is -0.493 e. The zero-order valence-corrected chi connectivity index (χ0v) is 19.0. The fraction of sp³-hybridized carbons (Fsp3) is 0.400. The highest BCUT2D eigenvalue weighted by Crippen LogP contribution is 2.66. The van der Waals surface area contributed by atoms with Crippen LogP contribution in [0.4, 0.5) is 0 Å². The summed E-state index contributed by atoms with van der Waals surface area (Å²) in [5, 5.41) is 1.47. The fourth-order valence-electron chi connectivity index (χ4n) is 5.99. The van der Waals surface area contributed by atoms with Crippen molar-refractivity contribution in [3.63, 3.8) is 0 Å². The number of aromatic amines is 1. The topological polar surface area (TPSA) is 60.6 Å². The van der Waals surface area contributed by atoms with E-state index >= 15 is 0 Å². The lowest BCUT2D eigenvalue weighted by molar-refractivity contribution is -0.0825. The van der Waals surface area contributed by atoms with E-state index in [0.29, 0.717) is 22.3 Å². The van der Waals surface area contributed by atoms with Crippen molar-refractivity contribution < 1.29 is 14.2 Å². The van der Waals surface area contributed by atoms with E-state index in [1.165, 1.54) is 0 Å². The van der Waals surface area contributed by atoms with Gasteiger partial charge in [0.25, 0.3) is 5.56 Å². The minimum atomic E-state index is -0.410. The second-order valence-corrected chi connectivity index (χ2v) is 9.47. The van der Waals surface area contributed by atoms with E-state index in [4.69, 9.17) is 25.8 Å². The molecule has 1 aliphatic carbocycles. The number of aromatic nitrogens is 1. The zero-order valence-electron chi connectivity index (χ0n) is 18.3. The van der Waals surface area contributed by atoms with Crippen LogP contribution < -0.4 is 19.8 Å². The molecule has 5 rings (SSSR count). The first kappa shape index (κ1) is 20.3. The zero-order chi connectivity index (χ0) is 22.1. The molecule has 0 saturated heterocycles. The number of fused-ring (bicyclic) bond motifs is 5. The molecular weight excluding hydrogens is 414 g/mol. The maximum absolute atomic E-state index is 13.3. The first-order chi connectivity index (χ1) is 14.8. The summed E-state index contributed by atoms with van der Waals surface area (Å²) < 4.78 is 17.5. The molecule has 0 bridgehead atoms. The average Bonchev–Trinajstić information content (AvgIpc) is 2.73. The number of methoxy groups -OCH3 is 2. The van der Waals surface area contributed by atoms with Gasteiger partial charge in [-0.1, -0.05) is 36.7 Å². The summed E-state index contributed by atoms with van der Waals surface area (Å²) in [6, 6.07) is 11.7. The molecule has 3 aromatic rings. The van der Waals surface area contributed by atoms with Gasteiger partial charge < -0.3 is 19.2 Å². The first-order valence-corrected chi connectivity index (χ1v) is 10.9. The van der Waals surface area contributed by atoms with Crippen LogP contribution in [-0.2, 0) is 0 Å². The van der Waals surface area contributed by atoms with Gasteiger partial charge in [-0.25, -0.2) is 0 Å². The van der Waals surface area contributed by atoms with E-state index in [2.05, 4.69) is 25.8 Å². The molecule has 5 nitrogen and oxygen atoms in total. The molecule has 162 valence electrons. The second-order valence-electron chi connectivity index (χ2n) is 9.09. The summed E-state index contributed by atoms with van der Waals surface area (Å²) in [4.78, 5) is 16.3. The van der Waals surface area contributed by atoms with Gasteiger partial charge in [0.2, 0.25) is 0 Å². The van der Waals surface area contributed by atoms with Crippen molar-refractivity contribution in [2.45, 2.75) is 38.2 Å². The Morgan fingerprint density at radius 2 is 1.81 bits per heavy atom. The Kier molecular flexibility index (Phi) is 4.52. The quantitative estimate of drug-likeness (QED) is 0.585. The van der Waals surface area contributed by atoms with Crippen molar-refractivity contribution in [1.82, 2.24) is 4.98 Å². The molecular formula is C25H26ClNO4. The van der Waals surface area contributed by atoms with Crippen molar-refractivity contribution in [3.05, 3.63) is 62.9 Å². The number of nitrogens with one attached hydrogen (secondary N) is 1. The SMILES string of the molecule is COc1ccc([C@@H]2[C@@H](C)[C@H]3[C@@H]2c2c(c4ccccc4[nH]c2=O)OC3(C)C)c(Cl)c1OC. The Morgan fingerprint density at radius 3 is 2.52 bits per heavy atom. The molecule has 0 amide bonds. The molecule has 6 heteroatoms. The van der Waals surface area contributed by atoms with Crippen LogP contribution in [0, 0.1) is 11.8 Å². The molecule has 1 saturated carbocycles. The van der Waals surface area contributed by atoms with Gasteiger partial charge >= 0.3 is 0 Å². The van der Waals surface area contributed by atoms with E-state index < -0.39 is 5.60 Å². The fourth-order valence-corrected chi connectivity index (χ4v) is 6.35. The maximum atomic E-state index is 13.3. The standard InChI is InChI=1S/C25H26ClNO4/c1-12-17(14-10-11-16(29-4)23(30-5)21(14)26)18-19-22(31-25(2,3)20(12)18)13-8-6-7-9-15(13)27-24(19)28/h6-12,17-18,20H,1-5H3,(H,27,28)/t12-,17+,18+,20+/m1/s1. The van der Waals surface area contributed by atoms with E-state index in [9.17, 15) is 4.79 Å². The molecule has 0 spiro atoms. The Labute approximate surface area is 186 Å². The third-order valence-corrected chi connectivity index (χ3v) is 7.58. The van der Waals surface area contributed by atoms with Gasteiger partial charge in [0, 0.05) is 17.2 Å². The summed E-state index contributed by atoms with van der Waals surface area (Å²) in [5.74, 6) is 2.34. The van der Waals surface area contributed by atoms with Crippen molar-refractivity contribution in [1.29, 1.82) is 0 Å². The van der Waals surface area contributed by atoms with Crippen LogP contribution in [0.3, 0.4) is 0 Å². The third-order valence-electron chi connectivity index (χ3n) is 7.19. The largest absolute Gasteiger partial charge is 0.493 e. The number of pyridine rings is 1. The first-order valence-electron chi connectivity index (χ1n) is 10.5. The highest BCUT2D eigenvalue weighted by molar-refractivity contribution is 6.33. The number of rotatable bonds is 3. The Balaban J connectivity index is 1.73. The van der Waals surface area contributed by atoms with Crippen LogP contribution in [0.2, 0.25) is 5.02 Å². The Bertz CT molecular complexity index is 1250. The molecule has 0 radical (unpaired) electrons. The number of halogens is 1. The van der Waals surface area contributed by atoms with Crippen LogP contribution >= 0.6 is 11.6 Å². The molecule has 1 aliphatic heterocycles. The Morgan fingerprint density at radius 1 is 1.06 bits per heavy atom. The summed E-state index contributed by atoms with van der Waals surface area (Å²) in [6.45, 7) is 6.45. The maximum Gasteiger partial charge on any atom is 0.255 e. The van der Waals surface area contributed by atoms with Crippen molar-refractivity contribution in [2.24, 2.45) is 11.8 Å². The summed E-state index contributed by atoms with van der Waals surface area (Å²) in [5.41, 5.74) is 1.98. The van der Waals surface area contributed by atoms with Gasteiger partial charge in [0.1, 0.15) is 11.4 Å². The minimum absolute atomic E-state index is 0.00212. The van der Waals surface area contributed by atoms with E-state index in [0.717, 1.165) is 22.0 Å². The molecule has 31 heavy (non-hydrogen) atoms. The van der Waals surface area contributed by atoms with Gasteiger partial charge in [-0.05, 0) is 49.4 Å². The van der Waals surface area contributed by atoms with Crippen molar-refractivity contribution >= 4 is 22.5 Å².